The Bertz CT molecular complexity index is 103. The van der Waals surface area contributed by atoms with E-state index in [-0.39, 0.29) is 0 Å². The van der Waals surface area contributed by atoms with Gasteiger partial charge in [0.05, 0.1) is 6.61 Å². The lowest BCUT2D eigenvalue weighted by molar-refractivity contribution is -0.235. The van der Waals surface area contributed by atoms with E-state index >= 15 is 0 Å². The number of rotatable bonds is 0. The smallest absolute Gasteiger partial charge is 0.191 e. The van der Waals surface area contributed by atoms with Gasteiger partial charge in [-0.1, -0.05) is 0 Å². The van der Waals surface area contributed by atoms with Gasteiger partial charge in [-0.15, -0.1) is 0 Å². The first-order valence-electron chi connectivity index (χ1n) is 3.04. The van der Waals surface area contributed by atoms with Crippen LogP contribution in [0.1, 0.15) is 20.3 Å². The Labute approximate surface area is 54.3 Å². The van der Waals surface area contributed by atoms with Crippen molar-refractivity contribution in [2.24, 2.45) is 0 Å². The van der Waals surface area contributed by atoms with Crippen LogP contribution in [0.5, 0.6) is 0 Å². The van der Waals surface area contributed by atoms with Gasteiger partial charge in [0.2, 0.25) is 0 Å². The molecule has 1 rings (SSSR count). The summed E-state index contributed by atoms with van der Waals surface area (Å²) in [5, 5.41) is 18.6. The zero-order valence-electron chi connectivity index (χ0n) is 5.72. The average Bonchev–Trinajstić information content (AvgIpc) is 1.81. The van der Waals surface area contributed by atoms with E-state index in [1.807, 2.05) is 0 Å². The van der Waals surface area contributed by atoms with Crippen LogP contribution in [0.15, 0.2) is 0 Å². The highest BCUT2D eigenvalue weighted by Crippen LogP contribution is 2.32. The van der Waals surface area contributed by atoms with E-state index in [1.54, 1.807) is 6.92 Å². The Hall–Kier alpha value is -0.120. The van der Waals surface area contributed by atoms with Crippen molar-refractivity contribution in [1.82, 2.24) is 0 Å². The van der Waals surface area contributed by atoms with Crippen LogP contribution >= 0.6 is 0 Å². The molecule has 0 unspecified atom stereocenters. The Balaban J connectivity index is 2.75. The van der Waals surface area contributed by atoms with Crippen molar-refractivity contribution in [3.63, 3.8) is 0 Å². The minimum Gasteiger partial charge on any atom is -0.384 e. The van der Waals surface area contributed by atoms with Crippen LogP contribution in [-0.4, -0.2) is 28.2 Å². The van der Waals surface area contributed by atoms with Crippen LogP contribution in [0, 0.1) is 0 Å². The van der Waals surface area contributed by atoms with Gasteiger partial charge in [0, 0.05) is 6.42 Å². The van der Waals surface area contributed by atoms with Gasteiger partial charge < -0.3 is 14.9 Å². The van der Waals surface area contributed by atoms with Gasteiger partial charge in [0.25, 0.3) is 0 Å². The summed E-state index contributed by atoms with van der Waals surface area (Å²) in [5.74, 6) is -1.35. The first-order chi connectivity index (χ1) is 3.96. The first kappa shape index (κ1) is 6.99. The van der Waals surface area contributed by atoms with Gasteiger partial charge in [-0.05, 0) is 13.8 Å². The summed E-state index contributed by atoms with van der Waals surface area (Å²) in [6, 6.07) is 0. The molecule has 0 aromatic heterocycles. The topological polar surface area (TPSA) is 49.7 Å². The average molecular weight is 132 g/mol. The lowest BCUT2D eigenvalue weighted by Crippen LogP contribution is -2.45. The maximum absolute atomic E-state index is 9.35. The van der Waals surface area contributed by atoms with Gasteiger partial charge >= 0.3 is 0 Å². The van der Waals surface area contributed by atoms with E-state index in [2.05, 4.69) is 0 Å². The molecule has 2 N–H and O–H groups in total. The molecule has 3 heteroatoms. The van der Waals surface area contributed by atoms with E-state index in [0.717, 1.165) is 0 Å². The zero-order valence-corrected chi connectivity index (χ0v) is 5.72. The van der Waals surface area contributed by atoms with E-state index in [4.69, 9.17) is 4.74 Å². The second-order valence-corrected chi connectivity index (χ2v) is 2.86. The van der Waals surface area contributed by atoms with Crippen molar-refractivity contribution in [3.05, 3.63) is 0 Å². The molecule has 1 aliphatic rings. The molecule has 3 nitrogen and oxygen atoms in total. The van der Waals surface area contributed by atoms with Crippen LogP contribution in [0.4, 0.5) is 0 Å². The van der Waals surface area contributed by atoms with Crippen molar-refractivity contribution < 1.29 is 14.9 Å². The quantitative estimate of drug-likeness (QED) is 0.482. The molecule has 1 heterocycles. The van der Waals surface area contributed by atoms with Crippen molar-refractivity contribution in [2.45, 2.75) is 31.7 Å². The molecule has 9 heavy (non-hydrogen) atoms. The predicted molar refractivity (Wildman–Crippen MR) is 31.8 cm³/mol. The summed E-state index contributed by atoms with van der Waals surface area (Å²) in [4.78, 5) is 0. The molecule has 0 aliphatic carbocycles. The van der Waals surface area contributed by atoms with Gasteiger partial charge in [-0.3, -0.25) is 0 Å². The largest absolute Gasteiger partial charge is 0.384 e. The second-order valence-electron chi connectivity index (χ2n) is 2.86. The maximum Gasteiger partial charge on any atom is 0.191 e. The molecule has 0 saturated carbocycles. The molecule has 1 aliphatic heterocycles. The van der Waals surface area contributed by atoms with Crippen LogP contribution < -0.4 is 0 Å². The second kappa shape index (κ2) is 1.68. The van der Waals surface area contributed by atoms with Crippen molar-refractivity contribution in [3.8, 4) is 0 Å². The van der Waals surface area contributed by atoms with E-state index in [1.165, 1.54) is 6.92 Å². The van der Waals surface area contributed by atoms with E-state index < -0.39 is 11.4 Å². The van der Waals surface area contributed by atoms with Crippen LogP contribution in [0.25, 0.3) is 0 Å². The third-order valence-corrected chi connectivity index (χ3v) is 1.97. The third-order valence-electron chi connectivity index (χ3n) is 1.97. The molecule has 0 aromatic carbocycles. The fourth-order valence-electron chi connectivity index (χ4n) is 0.836. The Morgan fingerprint density at radius 2 is 1.89 bits per heavy atom. The Morgan fingerprint density at radius 1 is 1.33 bits per heavy atom. The number of ether oxygens (including phenoxy) is 1. The summed E-state index contributed by atoms with van der Waals surface area (Å²) in [6.07, 6.45) is 0.500. The fraction of sp³-hybridized carbons (Fsp3) is 1.00. The molecule has 2 atom stereocenters. The molecule has 0 radical (unpaired) electrons. The van der Waals surface area contributed by atoms with Crippen LogP contribution in [0.3, 0.4) is 0 Å². The molecule has 0 amide bonds. The molecular weight excluding hydrogens is 120 g/mol. The van der Waals surface area contributed by atoms with Crippen molar-refractivity contribution >= 4 is 0 Å². The Kier molecular flexibility index (Phi) is 1.31. The van der Waals surface area contributed by atoms with Crippen LogP contribution in [0.2, 0.25) is 0 Å². The van der Waals surface area contributed by atoms with Gasteiger partial charge in [0.1, 0.15) is 5.60 Å². The minimum atomic E-state index is -1.35. The minimum absolute atomic E-state index is 0.431. The Morgan fingerprint density at radius 3 is 2.00 bits per heavy atom. The maximum atomic E-state index is 9.35. The van der Waals surface area contributed by atoms with Gasteiger partial charge in [-0.25, -0.2) is 0 Å². The summed E-state index contributed by atoms with van der Waals surface area (Å²) in [6.45, 7) is 3.47. The third kappa shape index (κ3) is 0.956. The standard InChI is InChI=1S/C6H12O3/c1-5(7)3-4-9-6(5,2)8/h7-8H,3-4H2,1-2H3/t5-,6-/m0/s1. The van der Waals surface area contributed by atoms with Gasteiger partial charge in [0.15, 0.2) is 5.79 Å². The number of hydrogen-bond donors (Lipinski definition) is 2. The molecular formula is C6H12O3. The molecule has 1 saturated heterocycles. The molecule has 54 valence electrons. The molecule has 0 spiro atoms. The van der Waals surface area contributed by atoms with E-state index in [9.17, 15) is 10.2 Å². The summed E-state index contributed by atoms with van der Waals surface area (Å²) in [5.41, 5.74) is -1.08. The highest BCUT2D eigenvalue weighted by Gasteiger charge is 2.47. The predicted octanol–water partition coefficient (Wildman–Crippen LogP) is -0.134. The lowest BCUT2D eigenvalue weighted by Gasteiger charge is -2.29. The molecule has 0 aromatic rings. The zero-order chi connectivity index (χ0) is 7.12. The highest BCUT2D eigenvalue weighted by atomic mass is 16.6. The van der Waals surface area contributed by atoms with E-state index in [0.29, 0.717) is 13.0 Å². The molecule has 1 fully saturated rings. The number of hydrogen-bond acceptors (Lipinski definition) is 3. The molecule has 0 bridgehead atoms. The monoisotopic (exact) mass is 132 g/mol. The van der Waals surface area contributed by atoms with Crippen molar-refractivity contribution in [1.29, 1.82) is 0 Å². The van der Waals surface area contributed by atoms with Crippen LogP contribution in [-0.2, 0) is 4.74 Å². The highest BCUT2D eigenvalue weighted by molar-refractivity contribution is 4.90. The first-order valence-corrected chi connectivity index (χ1v) is 3.04. The summed E-state index contributed by atoms with van der Waals surface area (Å²) >= 11 is 0. The summed E-state index contributed by atoms with van der Waals surface area (Å²) in [7, 11) is 0. The fourth-order valence-corrected chi connectivity index (χ4v) is 0.836. The summed E-state index contributed by atoms with van der Waals surface area (Å²) < 4.78 is 4.86. The lowest BCUT2D eigenvalue weighted by atomic mass is 9.96. The SMILES string of the molecule is C[C@]1(O)CCO[C@]1(C)O. The van der Waals surface area contributed by atoms with Crippen molar-refractivity contribution in [2.75, 3.05) is 6.61 Å². The van der Waals surface area contributed by atoms with Gasteiger partial charge in [-0.2, -0.15) is 0 Å². The normalized spacial score (nSPS) is 52.0. The number of aliphatic hydroxyl groups is 2.